The van der Waals surface area contributed by atoms with Crippen LogP contribution in [-0.4, -0.2) is 25.2 Å². The summed E-state index contributed by atoms with van der Waals surface area (Å²) in [6.07, 6.45) is -3.07. The monoisotopic (exact) mass is 233 g/mol. The molecule has 0 fully saturated rings. The number of aromatic amines is 1. The minimum absolute atomic E-state index is 0.0881. The molecule has 0 aromatic carbocycles. The molecule has 0 atom stereocenters. The van der Waals surface area contributed by atoms with Crippen LogP contribution in [0.1, 0.15) is 22.3 Å². The zero-order valence-electron chi connectivity index (χ0n) is 8.54. The van der Waals surface area contributed by atoms with Crippen LogP contribution in [0.4, 0.5) is 8.78 Å². The number of methoxy groups -OCH3 is 2. The maximum atomic E-state index is 12.6. The average Bonchev–Trinajstić information content (AvgIpc) is 2.26. The maximum absolute atomic E-state index is 12.6. The highest BCUT2D eigenvalue weighted by Crippen LogP contribution is 2.21. The molecule has 0 unspecified atom stereocenters. The van der Waals surface area contributed by atoms with Crippen LogP contribution in [0.15, 0.2) is 10.9 Å². The highest BCUT2D eigenvalue weighted by molar-refractivity contribution is 5.91. The van der Waals surface area contributed by atoms with Gasteiger partial charge in [0.1, 0.15) is 0 Å². The Morgan fingerprint density at radius 1 is 1.44 bits per heavy atom. The van der Waals surface area contributed by atoms with Crippen molar-refractivity contribution in [3.05, 3.63) is 27.5 Å². The van der Waals surface area contributed by atoms with E-state index in [1.165, 1.54) is 7.11 Å². The molecule has 0 spiro atoms. The fourth-order valence-corrected chi connectivity index (χ4v) is 1.15. The molecule has 0 amide bonds. The van der Waals surface area contributed by atoms with Crippen molar-refractivity contribution in [3.63, 3.8) is 0 Å². The molecule has 0 radical (unpaired) electrons. The Morgan fingerprint density at radius 2 is 2.06 bits per heavy atom. The Morgan fingerprint density at radius 3 is 2.50 bits per heavy atom. The predicted octanol–water partition coefficient (Wildman–Crippen LogP) is 1.11. The van der Waals surface area contributed by atoms with Crippen molar-refractivity contribution in [1.29, 1.82) is 0 Å². The number of carbonyl (C=O) groups excluding carboxylic acids is 1. The second-order valence-electron chi connectivity index (χ2n) is 2.79. The smallest absolute Gasteiger partial charge is 0.338 e. The van der Waals surface area contributed by atoms with Crippen molar-refractivity contribution >= 4 is 5.97 Å². The van der Waals surface area contributed by atoms with Gasteiger partial charge in [-0.2, -0.15) is 0 Å². The van der Waals surface area contributed by atoms with Gasteiger partial charge >= 0.3 is 5.97 Å². The first kappa shape index (κ1) is 12.2. The number of pyridine rings is 1. The molecule has 1 heterocycles. The number of esters is 1. The molecule has 1 N–H and O–H groups in total. The number of halogens is 2. The van der Waals surface area contributed by atoms with Crippen LogP contribution in [0.25, 0.3) is 0 Å². The third-order valence-electron chi connectivity index (χ3n) is 1.89. The number of H-pyrrole nitrogens is 1. The lowest BCUT2D eigenvalue weighted by atomic mass is 10.1. The van der Waals surface area contributed by atoms with Crippen LogP contribution in [0, 0.1) is 0 Å². The van der Waals surface area contributed by atoms with Gasteiger partial charge in [0.15, 0.2) is 5.88 Å². The van der Waals surface area contributed by atoms with E-state index in [4.69, 9.17) is 0 Å². The van der Waals surface area contributed by atoms with Crippen molar-refractivity contribution < 1.29 is 23.0 Å². The fourth-order valence-electron chi connectivity index (χ4n) is 1.15. The second kappa shape index (κ2) is 4.73. The molecule has 1 aromatic heterocycles. The maximum Gasteiger partial charge on any atom is 0.338 e. The molecule has 0 aliphatic heterocycles. The van der Waals surface area contributed by atoms with Crippen LogP contribution in [0.2, 0.25) is 0 Å². The first-order valence-corrected chi connectivity index (χ1v) is 4.19. The summed E-state index contributed by atoms with van der Waals surface area (Å²) in [5.74, 6) is -1.10. The van der Waals surface area contributed by atoms with Crippen LogP contribution >= 0.6 is 0 Å². The van der Waals surface area contributed by atoms with Gasteiger partial charge < -0.3 is 9.47 Å². The molecule has 0 aliphatic rings. The standard InChI is InChI=1S/C9H9F2NO4/c1-15-5-3-4(9(14)16-2)6(7(10)11)8(13)12-5/h3,7H,1-2H3,(H,12,13). The lowest BCUT2D eigenvalue weighted by Crippen LogP contribution is -2.20. The van der Waals surface area contributed by atoms with E-state index >= 15 is 0 Å². The molecular weight excluding hydrogens is 224 g/mol. The summed E-state index contributed by atoms with van der Waals surface area (Å²) in [5, 5.41) is 0. The number of aromatic nitrogens is 1. The van der Waals surface area contributed by atoms with E-state index in [-0.39, 0.29) is 5.88 Å². The van der Waals surface area contributed by atoms with Crippen LogP contribution in [-0.2, 0) is 4.74 Å². The van der Waals surface area contributed by atoms with Gasteiger partial charge in [-0.25, -0.2) is 13.6 Å². The van der Waals surface area contributed by atoms with Gasteiger partial charge in [0.25, 0.3) is 12.0 Å². The lowest BCUT2D eigenvalue weighted by molar-refractivity contribution is 0.0587. The highest BCUT2D eigenvalue weighted by atomic mass is 19.3. The first-order chi connectivity index (χ1) is 7.51. The molecule has 16 heavy (non-hydrogen) atoms. The number of rotatable bonds is 3. The molecule has 88 valence electrons. The van der Waals surface area contributed by atoms with Gasteiger partial charge in [-0.05, 0) is 0 Å². The van der Waals surface area contributed by atoms with E-state index in [1.54, 1.807) is 0 Å². The number of hydrogen-bond donors (Lipinski definition) is 1. The third-order valence-corrected chi connectivity index (χ3v) is 1.89. The van der Waals surface area contributed by atoms with Crippen molar-refractivity contribution in [2.24, 2.45) is 0 Å². The number of nitrogens with one attached hydrogen (secondary N) is 1. The van der Waals surface area contributed by atoms with E-state index < -0.39 is 29.1 Å². The predicted molar refractivity (Wildman–Crippen MR) is 49.9 cm³/mol. The summed E-state index contributed by atoms with van der Waals surface area (Å²) in [4.78, 5) is 24.5. The summed E-state index contributed by atoms with van der Waals surface area (Å²) < 4.78 is 34.1. The molecule has 0 aliphatic carbocycles. The minimum atomic E-state index is -3.07. The Bertz CT molecular complexity index is 455. The molecule has 1 aromatic rings. The van der Waals surface area contributed by atoms with Gasteiger partial charge in [0, 0.05) is 6.07 Å². The van der Waals surface area contributed by atoms with Crippen molar-refractivity contribution in [1.82, 2.24) is 4.98 Å². The largest absolute Gasteiger partial charge is 0.482 e. The van der Waals surface area contributed by atoms with Crippen molar-refractivity contribution in [2.75, 3.05) is 14.2 Å². The zero-order chi connectivity index (χ0) is 12.3. The highest BCUT2D eigenvalue weighted by Gasteiger charge is 2.24. The summed E-state index contributed by atoms with van der Waals surface area (Å²) >= 11 is 0. The van der Waals surface area contributed by atoms with Crippen LogP contribution in [0.5, 0.6) is 5.88 Å². The van der Waals surface area contributed by atoms with Crippen LogP contribution in [0.3, 0.4) is 0 Å². The third kappa shape index (κ3) is 2.18. The zero-order valence-corrected chi connectivity index (χ0v) is 8.54. The van der Waals surface area contributed by atoms with Gasteiger partial charge in [-0.1, -0.05) is 0 Å². The van der Waals surface area contributed by atoms with Gasteiger partial charge in [-0.15, -0.1) is 0 Å². The Labute approximate surface area is 89.0 Å². The van der Waals surface area contributed by atoms with E-state index in [0.29, 0.717) is 0 Å². The van der Waals surface area contributed by atoms with Gasteiger partial charge in [0.05, 0.1) is 25.3 Å². The van der Waals surface area contributed by atoms with Crippen molar-refractivity contribution in [2.45, 2.75) is 6.43 Å². The summed E-state index contributed by atoms with van der Waals surface area (Å²) in [6.45, 7) is 0. The number of ether oxygens (including phenoxy) is 2. The normalized spacial score (nSPS) is 10.3. The summed E-state index contributed by atoms with van der Waals surface area (Å²) in [7, 11) is 2.26. The SMILES string of the molecule is COC(=O)c1cc(OC)[nH]c(=O)c1C(F)F. The molecular formula is C9H9F2NO4. The quantitative estimate of drug-likeness (QED) is 0.794. The van der Waals surface area contributed by atoms with Gasteiger partial charge in [0.2, 0.25) is 0 Å². The Hall–Kier alpha value is -1.92. The molecule has 0 saturated heterocycles. The average molecular weight is 233 g/mol. The summed E-state index contributed by atoms with van der Waals surface area (Å²) in [5.41, 5.74) is -2.50. The fraction of sp³-hybridized carbons (Fsp3) is 0.333. The van der Waals surface area contributed by atoms with Crippen LogP contribution < -0.4 is 10.3 Å². The number of alkyl halides is 2. The Balaban J connectivity index is 3.46. The van der Waals surface area contributed by atoms with Gasteiger partial charge in [-0.3, -0.25) is 9.78 Å². The van der Waals surface area contributed by atoms with E-state index in [0.717, 1.165) is 13.2 Å². The molecule has 0 saturated carbocycles. The second-order valence-corrected chi connectivity index (χ2v) is 2.79. The summed E-state index contributed by atoms with van der Waals surface area (Å²) in [6, 6.07) is 0.995. The van der Waals surface area contributed by atoms with Crippen molar-refractivity contribution in [3.8, 4) is 5.88 Å². The molecule has 1 rings (SSSR count). The molecule has 5 nitrogen and oxygen atoms in total. The van der Waals surface area contributed by atoms with E-state index in [1.807, 2.05) is 0 Å². The number of hydrogen-bond acceptors (Lipinski definition) is 4. The Kier molecular flexibility index (Phi) is 3.60. The lowest BCUT2D eigenvalue weighted by Gasteiger charge is -2.07. The topological polar surface area (TPSA) is 68.4 Å². The van der Waals surface area contributed by atoms with E-state index in [2.05, 4.69) is 14.5 Å². The first-order valence-electron chi connectivity index (χ1n) is 4.19. The minimum Gasteiger partial charge on any atom is -0.482 e. The molecule has 7 heteroatoms. The van der Waals surface area contributed by atoms with E-state index in [9.17, 15) is 18.4 Å². The number of carbonyl (C=O) groups is 1. The molecule has 0 bridgehead atoms.